The Hall–Kier alpha value is -1.06. The van der Waals surface area contributed by atoms with Crippen molar-refractivity contribution < 1.29 is 4.74 Å². The van der Waals surface area contributed by atoms with Crippen LogP contribution in [0.1, 0.15) is 33.6 Å². The number of methoxy groups -OCH3 is 1. The summed E-state index contributed by atoms with van der Waals surface area (Å²) in [7, 11) is 1.75. The van der Waals surface area contributed by atoms with Crippen molar-refractivity contribution in [2.24, 2.45) is 5.73 Å². The van der Waals surface area contributed by atoms with Gasteiger partial charge in [-0.1, -0.05) is 31.5 Å². The average Bonchev–Trinajstić information content (AvgIpc) is 2.47. The molecule has 19 heavy (non-hydrogen) atoms. The lowest BCUT2D eigenvalue weighted by atomic mass is 9.92. The van der Waals surface area contributed by atoms with E-state index >= 15 is 0 Å². The largest absolute Gasteiger partial charge is 0.379 e. The van der Waals surface area contributed by atoms with Crippen molar-refractivity contribution in [3.05, 3.63) is 30.3 Å². The molecule has 0 saturated carbocycles. The number of nitrogens with two attached hydrogens (primary N) is 1. The summed E-state index contributed by atoms with van der Waals surface area (Å²) in [6.45, 7) is 8.06. The zero-order valence-electron chi connectivity index (χ0n) is 12.7. The molecule has 1 aromatic rings. The lowest BCUT2D eigenvalue weighted by Gasteiger charge is -2.45. The summed E-state index contributed by atoms with van der Waals surface area (Å²) in [5.41, 5.74) is 7.10. The summed E-state index contributed by atoms with van der Waals surface area (Å²) < 4.78 is 5.57. The Morgan fingerprint density at radius 1 is 1.32 bits per heavy atom. The van der Waals surface area contributed by atoms with E-state index in [1.165, 1.54) is 12.1 Å². The topological polar surface area (TPSA) is 38.5 Å². The highest BCUT2D eigenvalue weighted by Gasteiger charge is 2.36. The fraction of sp³-hybridized carbons (Fsp3) is 0.625. The van der Waals surface area contributed by atoms with E-state index in [4.69, 9.17) is 10.5 Å². The molecule has 2 unspecified atom stereocenters. The smallest absolute Gasteiger partial charge is 0.0784 e. The van der Waals surface area contributed by atoms with E-state index in [0.717, 1.165) is 13.0 Å². The van der Waals surface area contributed by atoms with Crippen LogP contribution in [0.2, 0.25) is 0 Å². The fourth-order valence-corrected chi connectivity index (χ4v) is 2.35. The molecule has 0 radical (unpaired) electrons. The van der Waals surface area contributed by atoms with Crippen molar-refractivity contribution in [2.75, 3.05) is 25.1 Å². The van der Waals surface area contributed by atoms with E-state index in [0.29, 0.717) is 6.54 Å². The van der Waals surface area contributed by atoms with Gasteiger partial charge in [0, 0.05) is 25.9 Å². The number of unbranched alkanes of at least 4 members (excludes halogenated alkanes) is 1. The van der Waals surface area contributed by atoms with Crippen LogP contribution in [0.25, 0.3) is 0 Å². The van der Waals surface area contributed by atoms with E-state index < -0.39 is 0 Å². The molecule has 0 aliphatic rings. The Balaban J connectivity index is 3.07. The maximum absolute atomic E-state index is 6.07. The van der Waals surface area contributed by atoms with E-state index in [2.05, 4.69) is 49.9 Å². The first-order valence-corrected chi connectivity index (χ1v) is 7.15. The van der Waals surface area contributed by atoms with Crippen LogP contribution in [-0.2, 0) is 4.74 Å². The number of rotatable bonds is 8. The van der Waals surface area contributed by atoms with Crippen molar-refractivity contribution in [1.82, 2.24) is 0 Å². The second-order valence-electron chi connectivity index (χ2n) is 5.28. The van der Waals surface area contributed by atoms with Crippen LogP contribution in [0.4, 0.5) is 5.69 Å². The van der Waals surface area contributed by atoms with Crippen LogP contribution >= 0.6 is 0 Å². The van der Waals surface area contributed by atoms with E-state index in [1.54, 1.807) is 7.11 Å². The summed E-state index contributed by atoms with van der Waals surface area (Å²) in [5.74, 6) is 0. The van der Waals surface area contributed by atoms with Gasteiger partial charge in [0.2, 0.25) is 0 Å². The molecule has 1 aromatic carbocycles. The molecule has 0 aliphatic carbocycles. The number of nitrogens with zero attached hydrogens (tertiary/aromatic N) is 1. The summed E-state index contributed by atoms with van der Waals surface area (Å²) in [6.07, 6.45) is 2.40. The first kappa shape index (κ1) is 16.0. The molecule has 2 atom stereocenters. The minimum atomic E-state index is -0.189. The van der Waals surface area contributed by atoms with E-state index in [9.17, 15) is 0 Å². The minimum Gasteiger partial charge on any atom is -0.379 e. The molecule has 108 valence electrons. The summed E-state index contributed by atoms with van der Waals surface area (Å²) >= 11 is 0. The van der Waals surface area contributed by atoms with Crippen LogP contribution in [-0.4, -0.2) is 31.8 Å². The third-order valence-corrected chi connectivity index (χ3v) is 4.06. The van der Waals surface area contributed by atoms with Gasteiger partial charge in [0.1, 0.15) is 0 Å². The zero-order chi connectivity index (χ0) is 14.3. The van der Waals surface area contributed by atoms with Crippen LogP contribution in [0, 0.1) is 0 Å². The molecule has 3 heteroatoms. The van der Waals surface area contributed by atoms with Gasteiger partial charge in [0.05, 0.1) is 11.6 Å². The second-order valence-corrected chi connectivity index (χ2v) is 5.28. The number of para-hydroxylation sites is 1. The number of hydrogen-bond donors (Lipinski definition) is 1. The minimum absolute atomic E-state index is 0.0783. The monoisotopic (exact) mass is 264 g/mol. The first-order chi connectivity index (χ1) is 9.10. The summed E-state index contributed by atoms with van der Waals surface area (Å²) in [5, 5.41) is 0. The van der Waals surface area contributed by atoms with Crippen molar-refractivity contribution in [2.45, 2.75) is 45.3 Å². The van der Waals surface area contributed by atoms with Gasteiger partial charge in [-0.15, -0.1) is 0 Å². The second kappa shape index (κ2) is 7.51. The van der Waals surface area contributed by atoms with Crippen molar-refractivity contribution in [1.29, 1.82) is 0 Å². The highest BCUT2D eigenvalue weighted by molar-refractivity contribution is 5.49. The lowest BCUT2D eigenvalue weighted by molar-refractivity contribution is 0.0556. The quantitative estimate of drug-likeness (QED) is 0.784. The predicted octanol–water partition coefficient (Wildman–Crippen LogP) is 3.05. The molecular formula is C16H28N2O. The Kier molecular flexibility index (Phi) is 6.32. The van der Waals surface area contributed by atoms with Gasteiger partial charge in [-0.25, -0.2) is 0 Å². The predicted molar refractivity (Wildman–Crippen MR) is 82.6 cm³/mol. The Morgan fingerprint density at radius 2 is 1.95 bits per heavy atom. The Labute approximate surface area is 117 Å². The summed E-state index contributed by atoms with van der Waals surface area (Å²) in [6, 6.07) is 10.5. The maximum Gasteiger partial charge on any atom is 0.0784 e. The van der Waals surface area contributed by atoms with E-state index in [1.807, 2.05) is 6.07 Å². The third-order valence-electron chi connectivity index (χ3n) is 4.06. The molecule has 0 bridgehead atoms. The molecule has 0 saturated heterocycles. The van der Waals surface area contributed by atoms with Crippen LogP contribution in [0.15, 0.2) is 30.3 Å². The molecule has 0 fully saturated rings. The summed E-state index contributed by atoms with van der Waals surface area (Å²) in [4.78, 5) is 2.39. The SMILES string of the molecule is CCCCN(c1ccccc1)C(C)(CN)C(C)OC. The average molecular weight is 264 g/mol. The first-order valence-electron chi connectivity index (χ1n) is 7.15. The lowest BCUT2D eigenvalue weighted by Crippen LogP contribution is -2.59. The normalized spacial score (nSPS) is 15.8. The van der Waals surface area contributed by atoms with Crippen LogP contribution in [0.3, 0.4) is 0 Å². The number of ether oxygens (including phenoxy) is 1. The molecule has 0 aliphatic heterocycles. The van der Waals surface area contributed by atoms with Gasteiger partial charge >= 0.3 is 0 Å². The molecule has 0 aromatic heterocycles. The molecule has 2 N–H and O–H groups in total. The fourth-order valence-electron chi connectivity index (χ4n) is 2.35. The van der Waals surface area contributed by atoms with Gasteiger partial charge in [-0.3, -0.25) is 0 Å². The molecule has 0 heterocycles. The highest BCUT2D eigenvalue weighted by Crippen LogP contribution is 2.28. The van der Waals surface area contributed by atoms with Crippen LogP contribution < -0.4 is 10.6 Å². The number of hydrogen-bond acceptors (Lipinski definition) is 3. The number of anilines is 1. The van der Waals surface area contributed by atoms with Gasteiger partial charge in [0.25, 0.3) is 0 Å². The zero-order valence-corrected chi connectivity index (χ0v) is 12.7. The molecule has 1 rings (SSSR count). The highest BCUT2D eigenvalue weighted by atomic mass is 16.5. The standard InChI is InChI=1S/C16H28N2O/c1-5-6-12-18(15-10-8-7-9-11-15)16(3,13-17)14(2)19-4/h7-11,14H,5-6,12-13,17H2,1-4H3. The van der Waals surface area contributed by atoms with Crippen molar-refractivity contribution >= 4 is 5.69 Å². The van der Waals surface area contributed by atoms with Crippen molar-refractivity contribution in [3.8, 4) is 0 Å². The van der Waals surface area contributed by atoms with Gasteiger partial charge in [-0.2, -0.15) is 0 Å². The van der Waals surface area contributed by atoms with Gasteiger partial charge < -0.3 is 15.4 Å². The van der Waals surface area contributed by atoms with E-state index in [-0.39, 0.29) is 11.6 Å². The third kappa shape index (κ3) is 3.71. The molecular weight excluding hydrogens is 236 g/mol. The van der Waals surface area contributed by atoms with Gasteiger partial charge in [0.15, 0.2) is 0 Å². The maximum atomic E-state index is 6.07. The van der Waals surface area contributed by atoms with Gasteiger partial charge in [-0.05, 0) is 32.4 Å². The molecule has 3 nitrogen and oxygen atoms in total. The molecule has 0 spiro atoms. The molecule has 0 amide bonds. The van der Waals surface area contributed by atoms with Crippen molar-refractivity contribution in [3.63, 3.8) is 0 Å². The Morgan fingerprint density at radius 3 is 2.42 bits per heavy atom. The van der Waals surface area contributed by atoms with Crippen LogP contribution in [0.5, 0.6) is 0 Å². The number of benzene rings is 1. The Bertz CT molecular complexity index is 355.